The molecule has 2 aliphatic heterocycles. The molecule has 50 heavy (non-hydrogen) atoms. The molecule has 0 spiro atoms. The monoisotopic (exact) mass is 726 g/mol. The number of halogens is 1. The standard InChI is InChI=1S/C36H43ClN4O8S/c1-5-23-19-36(23,34(45)40-50(46,47)25-12-13-25)39-31(43)28-17-24-20-41(28)33(44)27(35(2,3)4)18-30(42)48-14-8-6-7-9-21-10-11-22-16-29(37)38-32(49-24)26(22)15-21/h5,7,9-11,15-16,23-25,27-28H,1,6,8,12-14,17-20H2,2-4H3,(H,39,43)(H,40,45)/b9-7+/t23-,24-,27-,28+,36-/m1/s1. The topological polar surface area (TPSA) is 161 Å². The number of benzene rings is 1. The normalized spacial score (nSPS) is 28.2. The predicted octanol–water partition coefficient (Wildman–Crippen LogP) is 4.31. The van der Waals surface area contributed by atoms with Crippen molar-refractivity contribution in [3.8, 4) is 5.88 Å². The van der Waals surface area contributed by atoms with Crippen LogP contribution in [0.2, 0.25) is 5.15 Å². The molecule has 5 atom stereocenters. The van der Waals surface area contributed by atoms with Gasteiger partial charge in [-0.25, -0.2) is 13.4 Å². The second-order valence-corrected chi connectivity index (χ2v) is 17.1. The lowest BCUT2D eigenvalue weighted by Gasteiger charge is -2.35. The number of nitrogens with zero attached hydrogens (tertiary/aromatic N) is 2. The fourth-order valence-corrected chi connectivity index (χ4v) is 8.30. The Morgan fingerprint density at radius 1 is 1.18 bits per heavy atom. The van der Waals surface area contributed by atoms with Crippen LogP contribution in [0.15, 0.2) is 43.0 Å². The maximum absolute atomic E-state index is 14.5. The second-order valence-electron chi connectivity index (χ2n) is 14.8. The van der Waals surface area contributed by atoms with Crippen molar-refractivity contribution < 1.29 is 37.1 Å². The van der Waals surface area contributed by atoms with E-state index in [0.29, 0.717) is 31.1 Å². The highest BCUT2D eigenvalue weighted by atomic mass is 35.5. The van der Waals surface area contributed by atoms with Gasteiger partial charge in [0.1, 0.15) is 22.8 Å². The van der Waals surface area contributed by atoms with E-state index in [4.69, 9.17) is 21.1 Å². The number of allylic oxidation sites excluding steroid dienone is 1. The Hall–Kier alpha value is -3.97. The summed E-state index contributed by atoms with van der Waals surface area (Å²) in [5.41, 5.74) is -1.34. The second kappa shape index (κ2) is 13.6. The number of fused-ring (bicyclic) bond motifs is 3. The summed E-state index contributed by atoms with van der Waals surface area (Å²) in [6, 6.07) is 6.38. The number of nitrogens with one attached hydrogen (secondary N) is 2. The molecule has 4 aliphatic rings. The third-order valence-corrected chi connectivity index (χ3v) is 12.0. The van der Waals surface area contributed by atoms with Gasteiger partial charge in [-0.1, -0.05) is 62.7 Å². The van der Waals surface area contributed by atoms with Crippen molar-refractivity contribution >= 4 is 62.2 Å². The minimum atomic E-state index is -3.89. The van der Waals surface area contributed by atoms with Crippen molar-refractivity contribution in [3.05, 3.63) is 53.7 Å². The summed E-state index contributed by atoms with van der Waals surface area (Å²) >= 11 is 6.40. The van der Waals surface area contributed by atoms with E-state index < -0.39 is 73.9 Å². The number of sulfonamides is 1. The molecule has 3 fully saturated rings. The Morgan fingerprint density at radius 2 is 1.94 bits per heavy atom. The van der Waals surface area contributed by atoms with Crippen molar-refractivity contribution in [1.29, 1.82) is 0 Å². The summed E-state index contributed by atoms with van der Waals surface area (Å²) in [6.45, 7) is 9.47. The number of hydrogen-bond donors (Lipinski definition) is 2. The highest BCUT2D eigenvalue weighted by molar-refractivity contribution is 7.91. The Labute approximate surface area is 297 Å². The fourth-order valence-electron chi connectivity index (χ4n) is 6.74. The Kier molecular flexibility index (Phi) is 9.77. The van der Waals surface area contributed by atoms with Crippen molar-refractivity contribution in [2.75, 3.05) is 13.2 Å². The number of rotatable bonds is 6. The zero-order chi connectivity index (χ0) is 36.0. The highest BCUT2D eigenvalue weighted by Gasteiger charge is 2.62. The summed E-state index contributed by atoms with van der Waals surface area (Å²) in [4.78, 5) is 61.0. The van der Waals surface area contributed by atoms with E-state index in [9.17, 15) is 27.6 Å². The number of amides is 3. The Balaban J connectivity index is 1.35. The molecule has 1 aromatic carbocycles. The van der Waals surface area contributed by atoms with Crippen molar-refractivity contribution in [2.24, 2.45) is 17.3 Å². The Morgan fingerprint density at radius 3 is 2.62 bits per heavy atom. The lowest BCUT2D eigenvalue weighted by Crippen LogP contribution is -2.57. The number of esters is 1. The molecule has 2 aliphatic carbocycles. The average Bonchev–Trinajstić information content (AvgIpc) is 3.97. The van der Waals surface area contributed by atoms with Crippen LogP contribution in [0.4, 0.5) is 0 Å². The lowest BCUT2D eigenvalue weighted by molar-refractivity contribution is -0.153. The molecule has 3 heterocycles. The van der Waals surface area contributed by atoms with Crippen molar-refractivity contribution in [3.63, 3.8) is 0 Å². The number of carbonyl (C=O) groups is 4. The zero-order valence-electron chi connectivity index (χ0n) is 28.4. The number of ether oxygens (including phenoxy) is 2. The SMILES string of the molecule is C=C[C@@H]1C[C@]1(NC(=O)[C@@H]1C[C@@H]2CN1C(=O)[C@H](C(C)(C)C)CC(=O)OCCC/C=C/c1ccc3cc(Cl)nc(c3c1)O2)C(=O)NS(=O)(=O)C1CC1. The molecule has 14 heteroatoms. The van der Waals surface area contributed by atoms with Gasteiger partial charge in [-0.3, -0.25) is 23.9 Å². The van der Waals surface area contributed by atoms with Crippen LogP contribution >= 0.6 is 11.6 Å². The molecule has 2 N–H and O–H groups in total. The smallest absolute Gasteiger partial charge is 0.306 e. The molecule has 0 unspecified atom stereocenters. The molecule has 2 aromatic rings. The van der Waals surface area contributed by atoms with Crippen LogP contribution in [0, 0.1) is 17.3 Å². The third-order valence-electron chi connectivity index (χ3n) is 9.97. The maximum atomic E-state index is 14.5. The van der Waals surface area contributed by atoms with Gasteiger partial charge in [-0.05, 0) is 60.6 Å². The molecule has 12 nitrogen and oxygen atoms in total. The van der Waals surface area contributed by atoms with Crippen LogP contribution in [0.5, 0.6) is 5.88 Å². The van der Waals surface area contributed by atoms with Crippen LogP contribution in [0.3, 0.4) is 0 Å². The summed E-state index contributed by atoms with van der Waals surface area (Å²) in [5.74, 6) is -3.56. The zero-order valence-corrected chi connectivity index (χ0v) is 30.0. The minimum absolute atomic E-state index is 0.0199. The van der Waals surface area contributed by atoms with E-state index >= 15 is 0 Å². The van der Waals surface area contributed by atoms with Crippen LogP contribution < -0.4 is 14.8 Å². The van der Waals surface area contributed by atoms with Gasteiger partial charge in [-0.2, -0.15) is 0 Å². The maximum Gasteiger partial charge on any atom is 0.306 e. The van der Waals surface area contributed by atoms with Gasteiger partial charge in [0.25, 0.3) is 5.91 Å². The highest BCUT2D eigenvalue weighted by Crippen LogP contribution is 2.46. The molecule has 268 valence electrons. The first-order chi connectivity index (χ1) is 23.6. The summed E-state index contributed by atoms with van der Waals surface area (Å²) in [6.07, 6.45) is 6.92. The van der Waals surface area contributed by atoms with Crippen LogP contribution in [0.1, 0.15) is 71.3 Å². The summed E-state index contributed by atoms with van der Waals surface area (Å²) in [5, 5.41) is 3.87. The number of cyclic esters (lactones) is 1. The van der Waals surface area contributed by atoms with Crippen LogP contribution in [-0.4, -0.2) is 78.1 Å². The number of hydrogen-bond acceptors (Lipinski definition) is 9. The van der Waals surface area contributed by atoms with E-state index in [1.165, 1.54) is 11.0 Å². The summed E-state index contributed by atoms with van der Waals surface area (Å²) in [7, 11) is -3.89. The quantitative estimate of drug-likeness (QED) is 0.251. The molecule has 6 rings (SSSR count). The Bertz CT molecular complexity index is 1870. The molecule has 2 saturated carbocycles. The molecule has 1 saturated heterocycles. The van der Waals surface area contributed by atoms with E-state index in [2.05, 4.69) is 21.6 Å². The molecular weight excluding hydrogens is 684 g/mol. The van der Waals surface area contributed by atoms with Gasteiger partial charge in [0, 0.05) is 17.7 Å². The fraction of sp³-hybridized carbons (Fsp3) is 0.528. The summed E-state index contributed by atoms with van der Waals surface area (Å²) < 4.78 is 39.4. The minimum Gasteiger partial charge on any atom is -0.472 e. The molecule has 0 radical (unpaired) electrons. The first kappa shape index (κ1) is 35.8. The number of pyridine rings is 1. The van der Waals surface area contributed by atoms with E-state index in [0.717, 1.165) is 10.9 Å². The predicted molar refractivity (Wildman–Crippen MR) is 187 cm³/mol. The number of aromatic nitrogens is 1. The van der Waals surface area contributed by atoms with Gasteiger partial charge in [0.2, 0.25) is 27.7 Å². The van der Waals surface area contributed by atoms with E-state index in [1.807, 2.05) is 51.1 Å². The van der Waals surface area contributed by atoms with Crippen molar-refractivity contribution in [1.82, 2.24) is 19.9 Å². The van der Waals surface area contributed by atoms with Gasteiger partial charge in [0.15, 0.2) is 0 Å². The van der Waals surface area contributed by atoms with Crippen LogP contribution in [-0.2, 0) is 33.9 Å². The lowest BCUT2D eigenvalue weighted by atomic mass is 9.77. The first-order valence-electron chi connectivity index (χ1n) is 17.0. The largest absolute Gasteiger partial charge is 0.472 e. The van der Waals surface area contributed by atoms with Gasteiger partial charge < -0.3 is 19.7 Å². The first-order valence-corrected chi connectivity index (χ1v) is 18.9. The molecule has 3 amide bonds. The van der Waals surface area contributed by atoms with Gasteiger partial charge >= 0.3 is 5.97 Å². The van der Waals surface area contributed by atoms with Crippen molar-refractivity contribution in [2.45, 2.75) is 88.7 Å². The van der Waals surface area contributed by atoms with Gasteiger partial charge in [-0.15, -0.1) is 6.58 Å². The van der Waals surface area contributed by atoms with Gasteiger partial charge in [0.05, 0.1) is 30.7 Å². The third kappa shape index (κ3) is 7.53. The van der Waals surface area contributed by atoms with E-state index in [1.54, 1.807) is 6.07 Å². The molecule has 4 bridgehead atoms. The molecular formula is C36H43ClN4O8S. The molecule has 1 aromatic heterocycles. The average molecular weight is 727 g/mol. The van der Waals surface area contributed by atoms with Crippen LogP contribution in [0.25, 0.3) is 16.8 Å². The van der Waals surface area contributed by atoms with E-state index in [-0.39, 0.29) is 43.4 Å². The number of carbonyl (C=O) groups excluding carboxylic acids is 4.